The van der Waals surface area contributed by atoms with E-state index in [-0.39, 0.29) is 5.41 Å². The van der Waals surface area contributed by atoms with E-state index >= 15 is 0 Å². The molecule has 0 saturated heterocycles. The van der Waals surface area contributed by atoms with Crippen LogP contribution in [-0.2, 0) is 5.41 Å². The second-order valence-electron chi connectivity index (χ2n) is 17.3. The Kier molecular flexibility index (Phi) is 8.55. The van der Waals surface area contributed by atoms with Crippen molar-refractivity contribution < 1.29 is 0 Å². The van der Waals surface area contributed by atoms with Gasteiger partial charge in [0.1, 0.15) is 0 Å². The van der Waals surface area contributed by atoms with E-state index in [0.29, 0.717) is 0 Å². The van der Waals surface area contributed by atoms with Crippen LogP contribution in [0.5, 0.6) is 0 Å². The average molecular weight is 805 g/mol. The molecule has 12 rings (SSSR count). The van der Waals surface area contributed by atoms with Crippen molar-refractivity contribution in [3.63, 3.8) is 0 Å². The van der Waals surface area contributed by atoms with Crippen LogP contribution in [0.3, 0.4) is 0 Å². The molecule has 10 aromatic carbocycles. The maximum absolute atomic E-state index is 2.56. The van der Waals surface area contributed by atoms with Gasteiger partial charge in [0.05, 0.1) is 16.7 Å². The SMILES string of the molecule is CC1(C)c2ccccc2-c2c1ccc1c3c4ccccc4c(N(c4ccc(-c5ccccc5)cc4)c4ccc(-c5ccccc5)cc4)cc3n(-c3ccc(-c4ccccc4)cc3)c21. The monoisotopic (exact) mass is 804 g/mol. The third-order valence-corrected chi connectivity index (χ3v) is 13.4. The van der Waals surface area contributed by atoms with Crippen molar-refractivity contribution in [3.8, 4) is 50.2 Å². The highest BCUT2D eigenvalue weighted by atomic mass is 15.1. The van der Waals surface area contributed by atoms with Gasteiger partial charge >= 0.3 is 0 Å². The van der Waals surface area contributed by atoms with Crippen molar-refractivity contribution in [2.24, 2.45) is 0 Å². The standard InChI is InChI=1S/C61H44N2/c1-61(2)54-25-15-14-24-52(54)59-55(61)39-38-53-58-51-23-13-12-22-50(51)56(40-57(58)63(60(53)59)49-36-30-46(31-37-49)43-20-10-5-11-21-43)62(47-32-26-44(27-33-47)41-16-6-3-7-17-41)48-34-28-45(29-35-48)42-18-8-4-9-19-42/h3-40H,1-2H3. The predicted molar refractivity (Wildman–Crippen MR) is 267 cm³/mol. The molecule has 1 heterocycles. The quantitative estimate of drug-likeness (QED) is 0.156. The van der Waals surface area contributed by atoms with Gasteiger partial charge in [0.25, 0.3) is 0 Å². The number of benzene rings is 10. The lowest BCUT2D eigenvalue weighted by Gasteiger charge is -2.28. The smallest absolute Gasteiger partial charge is 0.0622 e. The Balaban J connectivity index is 1.16. The number of anilines is 3. The first-order valence-electron chi connectivity index (χ1n) is 21.9. The largest absolute Gasteiger partial charge is 0.310 e. The maximum atomic E-state index is 2.56. The Bertz CT molecular complexity index is 3390. The van der Waals surface area contributed by atoms with Gasteiger partial charge in [-0.1, -0.05) is 202 Å². The van der Waals surface area contributed by atoms with Crippen molar-refractivity contribution >= 4 is 49.6 Å². The van der Waals surface area contributed by atoms with Gasteiger partial charge in [0, 0.05) is 44.2 Å². The van der Waals surface area contributed by atoms with Gasteiger partial charge in [-0.3, -0.25) is 0 Å². The normalized spacial score (nSPS) is 12.7. The maximum Gasteiger partial charge on any atom is 0.0622 e. The van der Waals surface area contributed by atoms with Gasteiger partial charge in [0.2, 0.25) is 0 Å². The van der Waals surface area contributed by atoms with Crippen LogP contribution < -0.4 is 4.90 Å². The first-order valence-corrected chi connectivity index (χ1v) is 21.9. The highest BCUT2D eigenvalue weighted by Crippen LogP contribution is 2.54. The first-order chi connectivity index (χ1) is 31.0. The Morgan fingerprint density at radius 3 is 1.40 bits per heavy atom. The summed E-state index contributed by atoms with van der Waals surface area (Å²) in [6.45, 7) is 4.76. The van der Waals surface area contributed by atoms with Crippen LogP contribution in [0.2, 0.25) is 0 Å². The minimum absolute atomic E-state index is 0.138. The molecule has 1 aliphatic rings. The lowest BCUT2D eigenvalue weighted by molar-refractivity contribution is 0.661. The molecule has 11 aromatic rings. The van der Waals surface area contributed by atoms with E-state index in [4.69, 9.17) is 0 Å². The molecule has 298 valence electrons. The molecule has 2 nitrogen and oxygen atoms in total. The molecular weight excluding hydrogens is 761 g/mol. The van der Waals surface area contributed by atoms with Crippen molar-refractivity contribution in [3.05, 3.63) is 242 Å². The summed E-state index contributed by atoms with van der Waals surface area (Å²) in [5.41, 5.74) is 19.3. The lowest BCUT2D eigenvalue weighted by atomic mass is 9.82. The number of hydrogen-bond acceptors (Lipinski definition) is 1. The zero-order valence-electron chi connectivity index (χ0n) is 35.3. The molecule has 0 atom stereocenters. The zero-order valence-corrected chi connectivity index (χ0v) is 35.3. The third-order valence-electron chi connectivity index (χ3n) is 13.4. The van der Waals surface area contributed by atoms with Gasteiger partial charge < -0.3 is 9.47 Å². The highest BCUT2D eigenvalue weighted by Gasteiger charge is 2.38. The molecular formula is C61H44N2. The van der Waals surface area contributed by atoms with Crippen LogP contribution in [0, 0.1) is 0 Å². The summed E-state index contributed by atoms with van der Waals surface area (Å²) in [6.07, 6.45) is 0. The van der Waals surface area contributed by atoms with E-state index in [2.05, 4.69) is 254 Å². The zero-order chi connectivity index (χ0) is 42.1. The molecule has 1 aliphatic carbocycles. The fraction of sp³-hybridized carbons (Fsp3) is 0.0492. The lowest BCUT2D eigenvalue weighted by Crippen LogP contribution is -2.14. The number of nitrogens with zero attached hydrogens (tertiary/aromatic N) is 2. The van der Waals surface area contributed by atoms with Crippen LogP contribution in [-0.4, -0.2) is 4.57 Å². The van der Waals surface area contributed by atoms with Crippen molar-refractivity contribution in [1.29, 1.82) is 0 Å². The number of hydrogen-bond donors (Lipinski definition) is 0. The number of fused-ring (bicyclic) bond motifs is 9. The van der Waals surface area contributed by atoms with Crippen LogP contribution in [0.4, 0.5) is 17.1 Å². The van der Waals surface area contributed by atoms with Crippen LogP contribution in [0.25, 0.3) is 82.8 Å². The molecule has 0 aliphatic heterocycles. The Hall–Kier alpha value is -7.94. The molecule has 1 aromatic heterocycles. The summed E-state index contributed by atoms with van der Waals surface area (Å²) >= 11 is 0. The van der Waals surface area contributed by atoms with Crippen LogP contribution >= 0.6 is 0 Å². The summed E-state index contributed by atoms with van der Waals surface area (Å²) in [5, 5.41) is 4.95. The Labute approximate surface area is 368 Å². The van der Waals surface area contributed by atoms with E-state index in [1.54, 1.807) is 0 Å². The molecule has 63 heavy (non-hydrogen) atoms. The number of rotatable bonds is 7. The second kappa shape index (κ2) is 14.6. The summed E-state index contributed by atoms with van der Waals surface area (Å²) in [6, 6.07) is 84.5. The fourth-order valence-electron chi connectivity index (χ4n) is 10.3. The van der Waals surface area contributed by atoms with Gasteiger partial charge in [0.15, 0.2) is 0 Å². The van der Waals surface area contributed by atoms with E-state index in [9.17, 15) is 0 Å². The van der Waals surface area contributed by atoms with Crippen molar-refractivity contribution in [2.45, 2.75) is 19.3 Å². The molecule has 0 unspecified atom stereocenters. The van der Waals surface area contributed by atoms with Gasteiger partial charge in [-0.25, -0.2) is 0 Å². The molecule has 0 radical (unpaired) electrons. The second-order valence-corrected chi connectivity index (χ2v) is 17.3. The van der Waals surface area contributed by atoms with Gasteiger partial charge in [-0.15, -0.1) is 0 Å². The Morgan fingerprint density at radius 1 is 0.381 bits per heavy atom. The molecule has 0 spiro atoms. The van der Waals surface area contributed by atoms with Crippen LogP contribution in [0.1, 0.15) is 25.0 Å². The fourth-order valence-corrected chi connectivity index (χ4v) is 10.3. The first kappa shape index (κ1) is 36.9. The average Bonchev–Trinajstić information content (AvgIpc) is 3.81. The Morgan fingerprint density at radius 2 is 0.841 bits per heavy atom. The molecule has 0 amide bonds. The van der Waals surface area contributed by atoms with Gasteiger partial charge in [-0.05, 0) is 97.9 Å². The van der Waals surface area contributed by atoms with E-state index in [1.165, 1.54) is 88.2 Å². The van der Waals surface area contributed by atoms with Crippen molar-refractivity contribution in [1.82, 2.24) is 4.57 Å². The van der Waals surface area contributed by atoms with E-state index < -0.39 is 0 Å². The number of aromatic nitrogens is 1. The summed E-state index contributed by atoms with van der Waals surface area (Å²) < 4.78 is 2.56. The van der Waals surface area contributed by atoms with E-state index in [0.717, 1.165) is 22.7 Å². The highest BCUT2D eigenvalue weighted by molar-refractivity contribution is 6.27. The predicted octanol–water partition coefficient (Wildman–Crippen LogP) is 16.7. The van der Waals surface area contributed by atoms with Gasteiger partial charge in [-0.2, -0.15) is 0 Å². The van der Waals surface area contributed by atoms with Crippen LogP contribution in [0.15, 0.2) is 231 Å². The minimum Gasteiger partial charge on any atom is -0.310 e. The van der Waals surface area contributed by atoms with Crippen molar-refractivity contribution in [2.75, 3.05) is 4.90 Å². The summed E-state index contributed by atoms with van der Waals surface area (Å²) in [5.74, 6) is 0. The molecule has 2 heteroatoms. The molecule has 0 fully saturated rings. The minimum atomic E-state index is -0.138. The molecule has 0 saturated carbocycles. The molecule has 0 N–H and O–H groups in total. The summed E-state index contributed by atoms with van der Waals surface area (Å²) in [7, 11) is 0. The molecule has 0 bridgehead atoms. The summed E-state index contributed by atoms with van der Waals surface area (Å²) in [4.78, 5) is 2.45. The topological polar surface area (TPSA) is 8.17 Å². The third kappa shape index (κ3) is 5.94. The van der Waals surface area contributed by atoms with E-state index in [1.807, 2.05) is 0 Å².